The fraction of sp³-hybridized carbons (Fsp3) is 0.723. The molecule has 294 valence electrons. The Bertz CT molecular complexity index is 881. The SMILES string of the molecule is CC/C=C\C/C=C\C/C=C\C/C=C\CCCCCCCCCOCC(CO)OC(=O)CCCCCCCCCCC/C=C\C/C=C\CCCCC. The molecule has 0 rings (SSSR count). The van der Waals surface area contributed by atoms with E-state index in [1.165, 1.54) is 116 Å². The fourth-order valence-corrected chi connectivity index (χ4v) is 5.82. The lowest BCUT2D eigenvalue weighted by Gasteiger charge is -2.16. The number of aliphatic hydroxyl groups excluding tert-OH is 1. The number of aliphatic hydroxyl groups is 1. The van der Waals surface area contributed by atoms with E-state index in [2.05, 4.69) is 86.8 Å². The molecule has 0 aromatic heterocycles. The van der Waals surface area contributed by atoms with Crippen molar-refractivity contribution in [3.63, 3.8) is 0 Å². The Morgan fingerprint density at radius 2 is 0.882 bits per heavy atom. The van der Waals surface area contributed by atoms with Gasteiger partial charge in [-0.15, -0.1) is 0 Å². The lowest BCUT2D eigenvalue weighted by Crippen LogP contribution is -2.27. The van der Waals surface area contributed by atoms with Crippen molar-refractivity contribution in [2.75, 3.05) is 19.8 Å². The molecule has 0 aromatic carbocycles. The summed E-state index contributed by atoms with van der Waals surface area (Å²) in [6.07, 6.45) is 59.6. The Morgan fingerprint density at radius 1 is 0.490 bits per heavy atom. The summed E-state index contributed by atoms with van der Waals surface area (Å²) < 4.78 is 11.2. The number of carbonyl (C=O) groups excluding carboxylic acids is 1. The van der Waals surface area contributed by atoms with Gasteiger partial charge in [0.25, 0.3) is 0 Å². The molecule has 51 heavy (non-hydrogen) atoms. The van der Waals surface area contributed by atoms with Crippen LogP contribution in [0, 0.1) is 0 Å². The first kappa shape index (κ1) is 48.8. The summed E-state index contributed by atoms with van der Waals surface area (Å²) >= 11 is 0. The van der Waals surface area contributed by atoms with Crippen LogP contribution in [-0.2, 0) is 14.3 Å². The first-order chi connectivity index (χ1) is 25.2. The van der Waals surface area contributed by atoms with Crippen molar-refractivity contribution in [2.45, 2.75) is 200 Å². The molecule has 0 saturated heterocycles. The number of carbonyl (C=O) groups is 1. The Hall–Kier alpha value is -2.17. The maximum Gasteiger partial charge on any atom is 0.306 e. The second kappa shape index (κ2) is 44.0. The smallest absolute Gasteiger partial charge is 0.306 e. The first-order valence-electron chi connectivity index (χ1n) is 21.5. The number of hydrogen-bond acceptors (Lipinski definition) is 4. The quantitative estimate of drug-likeness (QED) is 0.0392. The van der Waals surface area contributed by atoms with Crippen molar-refractivity contribution < 1.29 is 19.4 Å². The summed E-state index contributed by atoms with van der Waals surface area (Å²) in [6.45, 7) is 5.18. The van der Waals surface area contributed by atoms with Crippen LogP contribution in [0.2, 0.25) is 0 Å². The largest absolute Gasteiger partial charge is 0.457 e. The third-order valence-corrected chi connectivity index (χ3v) is 9.02. The summed E-state index contributed by atoms with van der Waals surface area (Å²) in [5.74, 6) is -0.211. The molecule has 1 atom stereocenters. The van der Waals surface area contributed by atoms with E-state index in [9.17, 15) is 9.90 Å². The summed E-state index contributed by atoms with van der Waals surface area (Å²) in [5.41, 5.74) is 0. The number of rotatable bonds is 39. The molecule has 4 nitrogen and oxygen atoms in total. The topological polar surface area (TPSA) is 55.8 Å². The molecule has 0 saturated carbocycles. The Morgan fingerprint density at radius 3 is 1.33 bits per heavy atom. The van der Waals surface area contributed by atoms with Crippen LogP contribution < -0.4 is 0 Å². The maximum atomic E-state index is 12.2. The van der Waals surface area contributed by atoms with Crippen LogP contribution in [0.4, 0.5) is 0 Å². The number of unbranched alkanes of at least 4 members (excludes halogenated alkanes) is 19. The van der Waals surface area contributed by atoms with Crippen LogP contribution in [-0.4, -0.2) is 37.0 Å². The van der Waals surface area contributed by atoms with E-state index in [0.29, 0.717) is 13.0 Å². The van der Waals surface area contributed by atoms with Crippen LogP contribution in [0.1, 0.15) is 194 Å². The molecule has 0 amide bonds. The molecule has 0 aromatic rings. The monoisotopic (exact) mass is 711 g/mol. The Labute approximate surface area is 317 Å². The molecule has 1 N–H and O–H groups in total. The van der Waals surface area contributed by atoms with Gasteiger partial charge in [-0.1, -0.05) is 177 Å². The lowest BCUT2D eigenvalue weighted by molar-refractivity contribution is -0.154. The first-order valence-corrected chi connectivity index (χ1v) is 21.5. The van der Waals surface area contributed by atoms with E-state index in [1.807, 2.05) is 0 Å². The van der Waals surface area contributed by atoms with Gasteiger partial charge >= 0.3 is 5.97 Å². The molecule has 0 bridgehead atoms. The molecule has 4 heteroatoms. The zero-order valence-electron chi connectivity index (χ0n) is 33.6. The van der Waals surface area contributed by atoms with Gasteiger partial charge in [-0.25, -0.2) is 0 Å². The van der Waals surface area contributed by atoms with Crippen LogP contribution >= 0.6 is 0 Å². The van der Waals surface area contributed by atoms with Crippen molar-refractivity contribution in [1.82, 2.24) is 0 Å². The highest BCUT2D eigenvalue weighted by atomic mass is 16.6. The maximum absolute atomic E-state index is 12.2. The highest BCUT2D eigenvalue weighted by molar-refractivity contribution is 5.69. The highest BCUT2D eigenvalue weighted by Crippen LogP contribution is 2.13. The second-order valence-corrected chi connectivity index (χ2v) is 14.0. The van der Waals surface area contributed by atoms with Crippen molar-refractivity contribution in [3.8, 4) is 0 Å². The number of ether oxygens (including phenoxy) is 2. The summed E-state index contributed by atoms with van der Waals surface area (Å²) in [5, 5.41) is 9.61. The van der Waals surface area contributed by atoms with E-state index in [-0.39, 0.29) is 19.2 Å². The molecular formula is C47H82O4. The third-order valence-electron chi connectivity index (χ3n) is 9.02. The molecule has 0 heterocycles. The number of esters is 1. The summed E-state index contributed by atoms with van der Waals surface area (Å²) in [7, 11) is 0. The molecule has 0 fully saturated rings. The van der Waals surface area contributed by atoms with Crippen molar-refractivity contribution >= 4 is 5.97 Å². The van der Waals surface area contributed by atoms with Crippen molar-refractivity contribution in [3.05, 3.63) is 72.9 Å². The third kappa shape index (κ3) is 42.1. The predicted octanol–water partition coefficient (Wildman–Crippen LogP) is 14.2. The van der Waals surface area contributed by atoms with E-state index in [1.54, 1.807) is 0 Å². The van der Waals surface area contributed by atoms with Gasteiger partial charge in [-0.3, -0.25) is 4.79 Å². The molecule has 0 spiro atoms. The zero-order valence-corrected chi connectivity index (χ0v) is 33.6. The van der Waals surface area contributed by atoms with Crippen LogP contribution in [0.15, 0.2) is 72.9 Å². The predicted molar refractivity (Wildman–Crippen MR) is 223 cm³/mol. The molecule has 0 radical (unpaired) electrons. The highest BCUT2D eigenvalue weighted by Gasteiger charge is 2.13. The van der Waals surface area contributed by atoms with Crippen molar-refractivity contribution in [1.29, 1.82) is 0 Å². The molecule has 0 aliphatic carbocycles. The average molecular weight is 711 g/mol. The van der Waals surface area contributed by atoms with Gasteiger partial charge < -0.3 is 14.6 Å². The van der Waals surface area contributed by atoms with E-state index < -0.39 is 6.10 Å². The van der Waals surface area contributed by atoms with Gasteiger partial charge in [-0.2, -0.15) is 0 Å². The minimum absolute atomic E-state index is 0.181. The van der Waals surface area contributed by atoms with E-state index in [4.69, 9.17) is 9.47 Å². The van der Waals surface area contributed by atoms with E-state index in [0.717, 1.165) is 57.8 Å². The van der Waals surface area contributed by atoms with Gasteiger partial charge in [0.15, 0.2) is 0 Å². The fourth-order valence-electron chi connectivity index (χ4n) is 5.82. The molecule has 0 aliphatic rings. The van der Waals surface area contributed by atoms with Crippen LogP contribution in [0.5, 0.6) is 0 Å². The normalized spacial score (nSPS) is 13.1. The minimum atomic E-state index is -0.546. The van der Waals surface area contributed by atoms with Gasteiger partial charge in [-0.05, 0) is 83.5 Å². The second-order valence-electron chi connectivity index (χ2n) is 14.0. The van der Waals surface area contributed by atoms with Gasteiger partial charge in [0.2, 0.25) is 0 Å². The number of allylic oxidation sites excluding steroid dienone is 12. The molecule has 0 aliphatic heterocycles. The average Bonchev–Trinajstić information content (AvgIpc) is 3.14. The van der Waals surface area contributed by atoms with Gasteiger partial charge in [0.05, 0.1) is 13.2 Å². The van der Waals surface area contributed by atoms with Crippen molar-refractivity contribution in [2.24, 2.45) is 0 Å². The molecular weight excluding hydrogens is 629 g/mol. The van der Waals surface area contributed by atoms with E-state index >= 15 is 0 Å². The minimum Gasteiger partial charge on any atom is -0.457 e. The Balaban J connectivity index is 3.48. The van der Waals surface area contributed by atoms with Gasteiger partial charge in [0.1, 0.15) is 6.10 Å². The zero-order chi connectivity index (χ0) is 37.0. The molecule has 1 unspecified atom stereocenters. The van der Waals surface area contributed by atoms with Crippen LogP contribution in [0.3, 0.4) is 0 Å². The standard InChI is InChI=1S/C47H82O4/c1-3-5-7-9-11-13-15-17-19-21-23-25-27-29-31-33-35-37-39-41-43-50-45-46(44-48)51-47(49)42-40-38-36-34-32-30-28-26-24-22-20-18-16-14-12-10-8-6-4-2/h5,7,11-14,17-20,23,25,46,48H,3-4,6,8-10,15-16,21-22,24,26-45H2,1-2H3/b7-5-,13-11-,14-12-,19-17-,20-18-,25-23-. The summed E-state index contributed by atoms with van der Waals surface area (Å²) in [4.78, 5) is 12.2. The van der Waals surface area contributed by atoms with Gasteiger partial charge in [0, 0.05) is 13.0 Å². The lowest BCUT2D eigenvalue weighted by atomic mass is 10.1. The Kier molecular flexibility index (Phi) is 42.1. The van der Waals surface area contributed by atoms with Crippen LogP contribution in [0.25, 0.3) is 0 Å². The summed E-state index contributed by atoms with van der Waals surface area (Å²) in [6, 6.07) is 0. The number of hydrogen-bond donors (Lipinski definition) is 1.